The molecule has 0 aliphatic rings. The van der Waals surface area contributed by atoms with E-state index in [0.29, 0.717) is 11.1 Å². The van der Waals surface area contributed by atoms with E-state index >= 15 is 0 Å². The van der Waals surface area contributed by atoms with Gasteiger partial charge in [-0.15, -0.1) is 0 Å². The fraction of sp³-hybridized carbons (Fsp3) is 0.455. The van der Waals surface area contributed by atoms with E-state index < -0.39 is 21.3 Å². The zero-order valence-electron chi connectivity index (χ0n) is 11.0. The minimum absolute atomic E-state index is 0.0764. The van der Waals surface area contributed by atoms with Crippen molar-refractivity contribution in [2.75, 3.05) is 12.3 Å². The first kappa shape index (κ1) is 18.6. The first-order valence-corrected chi connectivity index (χ1v) is 8.61. The summed E-state index contributed by atoms with van der Waals surface area (Å²) in [5, 5.41) is 0.200. The molecule has 10 heteroatoms. The van der Waals surface area contributed by atoms with Crippen LogP contribution in [0.4, 0.5) is 13.2 Å². The van der Waals surface area contributed by atoms with E-state index in [1.807, 2.05) is 0 Å². The summed E-state index contributed by atoms with van der Waals surface area (Å²) in [6.45, 7) is 1.34. The maximum Gasteiger partial charge on any atom is 0.441 e. The van der Waals surface area contributed by atoms with Gasteiger partial charge in [0, 0.05) is 23.9 Å². The third-order valence-electron chi connectivity index (χ3n) is 2.60. The van der Waals surface area contributed by atoms with Crippen molar-refractivity contribution in [1.29, 1.82) is 0 Å². The number of nitrogens with two attached hydrogens (primary N) is 1. The predicted molar refractivity (Wildman–Crippen MR) is 77.8 cm³/mol. The van der Waals surface area contributed by atoms with Crippen LogP contribution in [0, 0.1) is 6.92 Å². The number of hydrogen-bond acceptors (Lipinski definition) is 4. The molecule has 0 fully saturated rings. The van der Waals surface area contributed by atoms with Gasteiger partial charge in [-0.05, 0) is 41.9 Å². The Balaban J connectivity index is 2.86. The minimum Gasteiger partial charge on any atom is -0.326 e. The molecule has 0 spiro atoms. The summed E-state index contributed by atoms with van der Waals surface area (Å²) in [5.41, 5.74) is 2.11. The highest BCUT2D eigenvalue weighted by Gasteiger charge is 2.28. The highest BCUT2D eigenvalue weighted by molar-refractivity contribution is 8.00. The van der Waals surface area contributed by atoms with Gasteiger partial charge in [0.2, 0.25) is 10.0 Å². The molecule has 0 atom stereocenters. The van der Waals surface area contributed by atoms with Crippen molar-refractivity contribution >= 4 is 33.4 Å². The fourth-order valence-corrected chi connectivity index (χ4v) is 3.83. The van der Waals surface area contributed by atoms with E-state index in [1.165, 1.54) is 6.07 Å². The van der Waals surface area contributed by atoms with Gasteiger partial charge in [-0.1, -0.05) is 11.6 Å². The zero-order chi connectivity index (χ0) is 16.3. The number of nitrogens with one attached hydrogen (secondary N) is 1. The van der Waals surface area contributed by atoms with Gasteiger partial charge in [-0.25, -0.2) is 13.1 Å². The molecule has 1 aromatic carbocycles. The quantitative estimate of drug-likeness (QED) is 0.763. The summed E-state index contributed by atoms with van der Waals surface area (Å²) in [5.74, 6) is -0.411. The van der Waals surface area contributed by atoms with Crippen LogP contribution >= 0.6 is 23.4 Å². The van der Waals surface area contributed by atoms with E-state index in [4.69, 9.17) is 17.3 Å². The Morgan fingerprint density at radius 2 is 2.00 bits per heavy atom. The number of halogens is 4. The van der Waals surface area contributed by atoms with Crippen molar-refractivity contribution < 1.29 is 21.6 Å². The monoisotopic (exact) mass is 362 g/mol. The van der Waals surface area contributed by atoms with Crippen molar-refractivity contribution in [3.63, 3.8) is 0 Å². The summed E-state index contributed by atoms with van der Waals surface area (Å²) < 4.78 is 62.2. The molecular formula is C11H14ClF3N2O2S2. The zero-order valence-corrected chi connectivity index (χ0v) is 13.4. The van der Waals surface area contributed by atoms with Gasteiger partial charge in [0.25, 0.3) is 0 Å². The molecule has 0 aliphatic heterocycles. The first-order valence-electron chi connectivity index (χ1n) is 5.76. The molecule has 0 saturated heterocycles. The largest absolute Gasteiger partial charge is 0.441 e. The van der Waals surface area contributed by atoms with Crippen LogP contribution in [-0.2, 0) is 16.6 Å². The lowest BCUT2D eigenvalue weighted by Crippen LogP contribution is -2.27. The number of benzene rings is 1. The average molecular weight is 363 g/mol. The highest BCUT2D eigenvalue weighted by Crippen LogP contribution is 2.29. The highest BCUT2D eigenvalue weighted by atomic mass is 35.5. The van der Waals surface area contributed by atoms with Crippen molar-refractivity contribution in [3.05, 3.63) is 28.3 Å². The van der Waals surface area contributed by atoms with Crippen molar-refractivity contribution in [2.45, 2.75) is 23.9 Å². The van der Waals surface area contributed by atoms with Gasteiger partial charge in [0.05, 0.1) is 4.90 Å². The van der Waals surface area contributed by atoms with Crippen molar-refractivity contribution in [2.24, 2.45) is 5.73 Å². The van der Waals surface area contributed by atoms with E-state index in [9.17, 15) is 21.6 Å². The normalized spacial score (nSPS) is 12.7. The minimum atomic E-state index is -4.38. The maximum atomic E-state index is 12.1. The van der Waals surface area contributed by atoms with Gasteiger partial charge >= 0.3 is 5.51 Å². The SMILES string of the molecule is Cc1c(CN)cc(Cl)cc1S(=O)(=O)NCCSC(F)(F)F. The Labute approximate surface area is 130 Å². The molecule has 0 saturated carbocycles. The number of thioether (sulfide) groups is 1. The summed E-state index contributed by atoms with van der Waals surface area (Å²) >= 11 is 5.54. The van der Waals surface area contributed by atoms with Gasteiger partial charge in [0.1, 0.15) is 0 Å². The third kappa shape index (κ3) is 5.67. The Hall–Kier alpha value is -0.480. The number of sulfonamides is 1. The Bertz CT molecular complexity index is 606. The van der Waals surface area contributed by atoms with Crippen LogP contribution < -0.4 is 10.5 Å². The third-order valence-corrected chi connectivity index (χ3v) is 5.14. The van der Waals surface area contributed by atoms with Crippen LogP contribution in [0.1, 0.15) is 11.1 Å². The molecule has 1 rings (SSSR count). The van der Waals surface area contributed by atoms with Crippen LogP contribution in [0.3, 0.4) is 0 Å². The van der Waals surface area contributed by atoms with Crippen LogP contribution in [0.15, 0.2) is 17.0 Å². The van der Waals surface area contributed by atoms with E-state index in [-0.39, 0.29) is 34.8 Å². The number of hydrogen-bond donors (Lipinski definition) is 2. The molecule has 0 unspecified atom stereocenters. The van der Waals surface area contributed by atoms with Gasteiger partial charge in [0.15, 0.2) is 0 Å². The molecule has 0 heterocycles. The second kappa shape index (κ2) is 7.19. The van der Waals surface area contributed by atoms with Crippen LogP contribution in [0.2, 0.25) is 5.02 Å². The number of rotatable bonds is 6. The molecule has 0 radical (unpaired) electrons. The van der Waals surface area contributed by atoms with Crippen molar-refractivity contribution in [1.82, 2.24) is 4.72 Å². The molecule has 0 aromatic heterocycles. The molecule has 1 aromatic rings. The molecule has 3 N–H and O–H groups in total. The van der Waals surface area contributed by atoms with Gasteiger partial charge in [-0.2, -0.15) is 13.2 Å². The molecule has 120 valence electrons. The molecule has 0 amide bonds. The molecule has 4 nitrogen and oxygen atoms in total. The summed E-state index contributed by atoms with van der Waals surface area (Å²) in [4.78, 5) is -0.0764. The van der Waals surface area contributed by atoms with Crippen molar-refractivity contribution in [3.8, 4) is 0 Å². The van der Waals surface area contributed by atoms with Crippen LogP contribution in [0.25, 0.3) is 0 Å². The molecule has 0 bridgehead atoms. The Kier molecular flexibility index (Phi) is 6.36. The lowest BCUT2D eigenvalue weighted by molar-refractivity contribution is -0.0327. The Morgan fingerprint density at radius 1 is 1.38 bits per heavy atom. The molecule has 0 aliphatic carbocycles. The topological polar surface area (TPSA) is 72.2 Å². The summed E-state index contributed by atoms with van der Waals surface area (Å²) in [7, 11) is -3.93. The fourth-order valence-electron chi connectivity index (χ4n) is 1.62. The Morgan fingerprint density at radius 3 is 2.52 bits per heavy atom. The van der Waals surface area contributed by atoms with Gasteiger partial charge < -0.3 is 5.73 Å². The average Bonchev–Trinajstić information content (AvgIpc) is 2.36. The van der Waals surface area contributed by atoms with E-state index in [2.05, 4.69) is 4.72 Å². The predicted octanol–water partition coefficient (Wildman–Crippen LogP) is 2.64. The lowest BCUT2D eigenvalue weighted by atomic mass is 10.1. The second-order valence-electron chi connectivity index (χ2n) is 4.08. The first-order chi connectivity index (χ1) is 9.57. The standard InChI is InChI=1S/C11H14ClF3N2O2S2/c1-7-8(6-16)4-9(12)5-10(7)21(18,19)17-2-3-20-11(13,14)15/h4-5,17H,2-3,6,16H2,1H3. The summed E-state index contributed by atoms with van der Waals surface area (Å²) in [6.07, 6.45) is 0. The van der Waals surface area contributed by atoms with Crippen LogP contribution in [0.5, 0.6) is 0 Å². The van der Waals surface area contributed by atoms with Crippen LogP contribution in [-0.4, -0.2) is 26.2 Å². The van der Waals surface area contributed by atoms with Gasteiger partial charge in [-0.3, -0.25) is 0 Å². The number of alkyl halides is 3. The smallest absolute Gasteiger partial charge is 0.326 e. The van der Waals surface area contributed by atoms with E-state index in [1.54, 1.807) is 13.0 Å². The molecule has 21 heavy (non-hydrogen) atoms. The second-order valence-corrected chi connectivity index (χ2v) is 7.42. The molecular weight excluding hydrogens is 349 g/mol. The lowest BCUT2D eigenvalue weighted by Gasteiger charge is -2.13. The van der Waals surface area contributed by atoms with E-state index in [0.717, 1.165) is 0 Å². The maximum absolute atomic E-state index is 12.1. The summed E-state index contributed by atoms with van der Waals surface area (Å²) in [6, 6.07) is 2.80.